The molecule has 0 radical (unpaired) electrons. The first-order chi connectivity index (χ1) is 12.7. The summed E-state index contributed by atoms with van der Waals surface area (Å²) in [6.45, 7) is 0. The number of ether oxygens (including phenoxy) is 1. The average Bonchev–Trinajstić information content (AvgIpc) is 3.05. The highest BCUT2D eigenvalue weighted by Crippen LogP contribution is 2.54. The van der Waals surface area contributed by atoms with E-state index in [-0.39, 0.29) is 11.6 Å². The minimum absolute atomic E-state index is 0.187. The van der Waals surface area contributed by atoms with Gasteiger partial charge in [0, 0.05) is 29.0 Å². The fourth-order valence-corrected chi connectivity index (χ4v) is 5.69. The largest absolute Gasteiger partial charge is 0.490 e. The van der Waals surface area contributed by atoms with Crippen LogP contribution in [0.5, 0.6) is 5.75 Å². The van der Waals surface area contributed by atoms with Crippen molar-refractivity contribution in [2.45, 2.75) is 37.3 Å². The minimum atomic E-state index is -0.461. The summed E-state index contributed by atoms with van der Waals surface area (Å²) in [5, 5.41) is 0.639. The number of pyridine rings is 1. The fraction of sp³-hybridized carbons (Fsp3) is 0.400. The number of amidine groups is 1. The van der Waals surface area contributed by atoms with Crippen LogP contribution in [-0.4, -0.2) is 22.0 Å². The van der Waals surface area contributed by atoms with Gasteiger partial charge in [0.05, 0.1) is 0 Å². The number of nitrogens with zero attached hydrogens (tertiary/aromatic N) is 2. The molecule has 1 spiro atoms. The molecule has 2 aromatic rings. The van der Waals surface area contributed by atoms with Crippen molar-refractivity contribution in [1.29, 1.82) is 0 Å². The molecule has 2 unspecified atom stereocenters. The van der Waals surface area contributed by atoms with Gasteiger partial charge in [0.1, 0.15) is 17.4 Å². The highest BCUT2D eigenvalue weighted by Gasteiger charge is 2.53. The molecule has 3 aliphatic rings. The van der Waals surface area contributed by atoms with E-state index in [1.54, 1.807) is 23.9 Å². The summed E-state index contributed by atoms with van der Waals surface area (Å²) in [7, 11) is 0. The third-order valence-corrected chi connectivity index (χ3v) is 6.83. The number of benzene rings is 1. The Morgan fingerprint density at radius 1 is 1.23 bits per heavy atom. The Kier molecular flexibility index (Phi) is 3.71. The summed E-state index contributed by atoms with van der Waals surface area (Å²) in [4.78, 5) is 8.72. The predicted octanol–water partition coefficient (Wildman–Crippen LogP) is 4.10. The summed E-state index contributed by atoms with van der Waals surface area (Å²) in [6.07, 6.45) is 6.19. The maximum absolute atomic E-state index is 14.2. The van der Waals surface area contributed by atoms with Crippen LogP contribution in [0.25, 0.3) is 11.1 Å². The first-order valence-electron chi connectivity index (χ1n) is 9.07. The minimum Gasteiger partial charge on any atom is -0.490 e. The van der Waals surface area contributed by atoms with E-state index in [1.165, 1.54) is 19.0 Å². The topological polar surface area (TPSA) is 60.5 Å². The standard InChI is InChI=1S/C20H20FN3OS/c21-18-13(4-3-9-23-18)12-7-8-17-15(10-12)20(11-26-19(22)24-20)14-5-1-2-6-16(14)25-17/h3-4,7-10,14,16H,1-2,5-6,11H2,(H2,22,24)/t14-,16?,20?/m1/s1. The number of halogens is 1. The highest BCUT2D eigenvalue weighted by molar-refractivity contribution is 8.14. The molecule has 1 saturated carbocycles. The zero-order valence-electron chi connectivity index (χ0n) is 14.3. The molecule has 4 nitrogen and oxygen atoms in total. The van der Waals surface area contributed by atoms with Crippen molar-refractivity contribution >= 4 is 16.9 Å². The molecule has 6 heteroatoms. The lowest BCUT2D eigenvalue weighted by atomic mass is 9.68. The predicted molar refractivity (Wildman–Crippen MR) is 102 cm³/mol. The molecule has 3 heterocycles. The average molecular weight is 369 g/mol. The maximum Gasteiger partial charge on any atom is 0.220 e. The smallest absolute Gasteiger partial charge is 0.220 e. The van der Waals surface area contributed by atoms with Crippen LogP contribution in [0.3, 0.4) is 0 Å². The molecule has 0 amide bonds. The number of fused-ring (bicyclic) bond motifs is 4. The van der Waals surface area contributed by atoms with E-state index in [4.69, 9.17) is 15.5 Å². The van der Waals surface area contributed by atoms with Crippen molar-refractivity contribution in [3.63, 3.8) is 0 Å². The van der Waals surface area contributed by atoms with Crippen molar-refractivity contribution in [3.8, 4) is 16.9 Å². The number of aliphatic imine (C=N–C) groups is 1. The Morgan fingerprint density at radius 3 is 2.92 bits per heavy atom. The first kappa shape index (κ1) is 16.1. The molecule has 1 fully saturated rings. The van der Waals surface area contributed by atoms with Crippen LogP contribution in [0.15, 0.2) is 41.5 Å². The van der Waals surface area contributed by atoms with Gasteiger partial charge < -0.3 is 10.5 Å². The molecule has 1 aromatic carbocycles. The maximum atomic E-state index is 14.2. The molecular formula is C20H20FN3OS. The van der Waals surface area contributed by atoms with Crippen molar-refractivity contribution in [3.05, 3.63) is 48.0 Å². The number of aromatic nitrogens is 1. The number of thioether (sulfide) groups is 1. The normalized spacial score (nSPS) is 29.7. The van der Waals surface area contributed by atoms with Crippen molar-refractivity contribution in [2.75, 3.05) is 5.75 Å². The van der Waals surface area contributed by atoms with Gasteiger partial charge in [-0.25, -0.2) is 9.98 Å². The van der Waals surface area contributed by atoms with Gasteiger partial charge in [-0.05, 0) is 49.1 Å². The van der Waals surface area contributed by atoms with Crippen LogP contribution in [0.4, 0.5) is 4.39 Å². The second-order valence-electron chi connectivity index (χ2n) is 7.26. The monoisotopic (exact) mass is 369 g/mol. The molecule has 134 valence electrons. The second-order valence-corrected chi connectivity index (χ2v) is 8.26. The van der Waals surface area contributed by atoms with Crippen LogP contribution in [0.2, 0.25) is 0 Å². The number of nitrogens with two attached hydrogens (primary N) is 1. The van der Waals surface area contributed by atoms with Crippen molar-refractivity contribution < 1.29 is 9.13 Å². The number of hydrogen-bond donors (Lipinski definition) is 1. The van der Waals surface area contributed by atoms with Crippen molar-refractivity contribution in [1.82, 2.24) is 4.98 Å². The van der Waals surface area contributed by atoms with Gasteiger partial charge in [-0.3, -0.25) is 0 Å². The Bertz CT molecular complexity index is 902. The van der Waals surface area contributed by atoms with Gasteiger partial charge in [0.25, 0.3) is 0 Å². The fourth-order valence-electron chi connectivity index (χ4n) is 4.66. The molecule has 2 N–H and O–H groups in total. The highest BCUT2D eigenvalue weighted by atomic mass is 32.2. The number of hydrogen-bond acceptors (Lipinski definition) is 5. The molecular weight excluding hydrogens is 349 g/mol. The zero-order chi connectivity index (χ0) is 17.7. The lowest BCUT2D eigenvalue weighted by Crippen LogP contribution is -2.49. The molecule has 3 atom stereocenters. The molecule has 26 heavy (non-hydrogen) atoms. The second kappa shape index (κ2) is 5.98. The summed E-state index contributed by atoms with van der Waals surface area (Å²) >= 11 is 1.61. The van der Waals surface area contributed by atoms with Gasteiger partial charge in [0.15, 0.2) is 5.17 Å². The lowest BCUT2D eigenvalue weighted by molar-refractivity contribution is 0.0268. The SMILES string of the molecule is NC1=NC2(CS1)c1cc(-c3cccnc3F)ccc1OC1CCCC[C@H]12. The van der Waals surface area contributed by atoms with Crippen LogP contribution >= 0.6 is 11.8 Å². The van der Waals surface area contributed by atoms with E-state index >= 15 is 0 Å². The van der Waals surface area contributed by atoms with Crippen molar-refractivity contribution in [2.24, 2.45) is 16.6 Å². The van der Waals surface area contributed by atoms with E-state index in [9.17, 15) is 4.39 Å². The van der Waals surface area contributed by atoms with E-state index in [0.29, 0.717) is 16.6 Å². The summed E-state index contributed by atoms with van der Waals surface area (Å²) in [5.74, 6) is 1.55. The van der Waals surface area contributed by atoms with Crippen LogP contribution in [0, 0.1) is 11.9 Å². The Morgan fingerprint density at radius 2 is 2.12 bits per heavy atom. The Labute approximate surface area is 156 Å². The summed E-state index contributed by atoms with van der Waals surface area (Å²) in [5.41, 5.74) is 8.07. The van der Waals surface area contributed by atoms with Crippen LogP contribution < -0.4 is 10.5 Å². The Balaban J connectivity index is 1.69. The van der Waals surface area contributed by atoms with Crippen LogP contribution in [0.1, 0.15) is 31.2 Å². The van der Waals surface area contributed by atoms with Crippen LogP contribution in [-0.2, 0) is 5.54 Å². The summed E-state index contributed by atoms with van der Waals surface area (Å²) in [6, 6.07) is 9.40. The third kappa shape index (κ3) is 2.35. The third-order valence-electron chi connectivity index (χ3n) is 5.86. The van der Waals surface area contributed by atoms with Gasteiger partial charge in [-0.1, -0.05) is 24.2 Å². The van der Waals surface area contributed by atoms with E-state index in [0.717, 1.165) is 35.5 Å². The van der Waals surface area contributed by atoms with Gasteiger partial charge in [0.2, 0.25) is 5.95 Å². The Hall–Kier alpha value is -2.08. The molecule has 1 aliphatic carbocycles. The molecule has 1 aromatic heterocycles. The van der Waals surface area contributed by atoms with Gasteiger partial charge in [-0.2, -0.15) is 4.39 Å². The first-order valence-corrected chi connectivity index (χ1v) is 10.1. The number of rotatable bonds is 1. The van der Waals surface area contributed by atoms with Gasteiger partial charge in [-0.15, -0.1) is 0 Å². The quantitative estimate of drug-likeness (QED) is 0.769. The van der Waals surface area contributed by atoms with Gasteiger partial charge >= 0.3 is 0 Å². The molecule has 0 saturated heterocycles. The van der Waals surface area contributed by atoms with E-state index in [1.807, 2.05) is 18.2 Å². The summed E-state index contributed by atoms with van der Waals surface area (Å²) < 4.78 is 20.6. The van der Waals surface area contributed by atoms with E-state index < -0.39 is 5.95 Å². The molecule has 2 aliphatic heterocycles. The molecule has 5 rings (SSSR count). The zero-order valence-corrected chi connectivity index (χ0v) is 15.1. The lowest BCUT2D eigenvalue weighted by Gasteiger charge is -2.47. The van der Waals surface area contributed by atoms with E-state index in [2.05, 4.69) is 4.98 Å². The molecule has 0 bridgehead atoms.